The van der Waals surface area contributed by atoms with Crippen LogP contribution in [0.2, 0.25) is 0 Å². The summed E-state index contributed by atoms with van der Waals surface area (Å²) in [5.41, 5.74) is 1.84. The molecular weight excluding hydrogens is 174 g/mol. The summed E-state index contributed by atoms with van der Waals surface area (Å²) in [6.07, 6.45) is 3.21. The summed E-state index contributed by atoms with van der Waals surface area (Å²) in [6, 6.07) is 2.06. The molecule has 14 heavy (non-hydrogen) atoms. The van der Waals surface area contributed by atoms with Gasteiger partial charge in [-0.05, 0) is 30.4 Å². The van der Waals surface area contributed by atoms with Gasteiger partial charge < -0.3 is 5.32 Å². The third kappa shape index (κ3) is 1.98. The summed E-state index contributed by atoms with van der Waals surface area (Å²) in [7, 11) is 1.98. The van der Waals surface area contributed by atoms with Gasteiger partial charge in [0.15, 0.2) is 0 Å². The maximum absolute atomic E-state index is 4.14. The summed E-state index contributed by atoms with van der Waals surface area (Å²) in [5, 5.41) is 7.62. The second-order valence-electron chi connectivity index (χ2n) is 4.97. The first-order valence-corrected chi connectivity index (χ1v) is 5.27. The molecular formula is C11H19N3. The van der Waals surface area contributed by atoms with Crippen LogP contribution >= 0.6 is 0 Å². The molecule has 1 heterocycles. The van der Waals surface area contributed by atoms with Crippen molar-refractivity contribution in [1.29, 1.82) is 0 Å². The number of aromatic nitrogens is 2. The highest BCUT2D eigenvalue weighted by molar-refractivity contribution is 5.00. The van der Waals surface area contributed by atoms with E-state index < -0.39 is 0 Å². The van der Waals surface area contributed by atoms with Crippen LogP contribution in [0.15, 0.2) is 12.3 Å². The van der Waals surface area contributed by atoms with Gasteiger partial charge in [0.1, 0.15) is 0 Å². The van der Waals surface area contributed by atoms with Crippen molar-refractivity contribution in [3.05, 3.63) is 18.0 Å². The molecule has 1 aliphatic carbocycles. The molecule has 2 rings (SSSR count). The lowest BCUT2D eigenvalue weighted by molar-refractivity contribution is 0.512. The van der Waals surface area contributed by atoms with Crippen molar-refractivity contribution in [3.8, 4) is 0 Å². The fraction of sp³-hybridized carbons (Fsp3) is 0.727. The molecule has 1 atom stereocenters. The predicted octanol–water partition coefficient (Wildman–Crippen LogP) is 1.56. The van der Waals surface area contributed by atoms with Gasteiger partial charge in [-0.1, -0.05) is 13.8 Å². The maximum atomic E-state index is 4.14. The van der Waals surface area contributed by atoms with Crippen LogP contribution in [0.4, 0.5) is 0 Å². The lowest BCUT2D eigenvalue weighted by atomic mass is 10.1. The van der Waals surface area contributed by atoms with Gasteiger partial charge in [-0.15, -0.1) is 0 Å². The second kappa shape index (κ2) is 3.39. The van der Waals surface area contributed by atoms with Crippen molar-refractivity contribution >= 4 is 0 Å². The van der Waals surface area contributed by atoms with E-state index in [0.29, 0.717) is 5.41 Å². The molecule has 1 N–H and O–H groups in total. The average Bonchev–Trinajstić information content (AvgIpc) is 2.53. The van der Waals surface area contributed by atoms with Crippen LogP contribution in [0.1, 0.15) is 26.0 Å². The minimum Gasteiger partial charge on any atom is -0.311 e. The molecule has 78 valence electrons. The Balaban J connectivity index is 1.72. The Morgan fingerprint density at radius 1 is 1.64 bits per heavy atom. The average molecular weight is 193 g/mol. The Bertz CT molecular complexity index is 314. The van der Waals surface area contributed by atoms with Crippen LogP contribution in [0.3, 0.4) is 0 Å². The van der Waals surface area contributed by atoms with E-state index in [-0.39, 0.29) is 0 Å². The number of hydrogen-bond acceptors (Lipinski definition) is 2. The maximum Gasteiger partial charge on any atom is 0.0518 e. The number of nitrogens with zero attached hydrogens (tertiary/aromatic N) is 2. The molecule has 1 aliphatic rings. The SMILES string of the molecule is Cn1nccc1CNCC1CC1(C)C. The minimum absolute atomic E-state index is 0.583. The van der Waals surface area contributed by atoms with Crippen molar-refractivity contribution in [1.82, 2.24) is 15.1 Å². The Morgan fingerprint density at radius 3 is 2.86 bits per heavy atom. The predicted molar refractivity (Wildman–Crippen MR) is 56.8 cm³/mol. The molecule has 1 unspecified atom stereocenters. The van der Waals surface area contributed by atoms with Crippen LogP contribution in [-0.2, 0) is 13.6 Å². The van der Waals surface area contributed by atoms with Crippen molar-refractivity contribution in [2.45, 2.75) is 26.8 Å². The fourth-order valence-electron chi connectivity index (χ4n) is 1.87. The fourth-order valence-corrected chi connectivity index (χ4v) is 1.87. The minimum atomic E-state index is 0.583. The largest absolute Gasteiger partial charge is 0.311 e. The Kier molecular flexibility index (Phi) is 2.35. The molecule has 1 saturated carbocycles. The summed E-state index contributed by atoms with van der Waals surface area (Å²) < 4.78 is 1.92. The summed E-state index contributed by atoms with van der Waals surface area (Å²) in [6.45, 7) is 6.74. The Hall–Kier alpha value is -0.830. The van der Waals surface area contributed by atoms with Gasteiger partial charge in [-0.3, -0.25) is 4.68 Å². The van der Waals surface area contributed by atoms with Crippen LogP contribution in [0, 0.1) is 11.3 Å². The smallest absolute Gasteiger partial charge is 0.0518 e. The van der Waals surface area contributed by atoms with Crippen LogP contribution in [0.25, 0.3) is 0 Å². The lowest BCUT2D eigenvalue weighted by Gasteiger charge is -2.06. The van der Waals surface area contributed by atoms with Gasteiger partial charge in [0, 0.05) is 19.8 Å². The molecule has 1 aromatic heterocycles. The first kappa shape index (κ1) is 9.71. The van der Waals surface area contributed by atoms with E-state index in [2.05, 4.69) is 30.3 Å². The topological polar surface area (TPSA) is 29.9 Å². The van der Waals surface area contributed by atoms with Crippen LogP contribution in [0.5, 0.6) is 0 Å². The quantitative estimate of drug-likeness (QED) is 0.786. The molecule has 0 spiro atoms. The van der Waals surface area contributed by atoms with Crippen molar-refractivity contribution < 1.29 is 0 Å². The van der Waals surface area contributed by atoms with Crippen LogP contribution in [-0.4, -0.2) is 16.3 Å². The first-order valence-electron chi connectivity index (χ1n) is 5.27. The highest BCUT2D eigenvalue weighted by Crippen LogP contribution is 2.50. The van der Waals surface area contributed by atoms with Crippen LogP contribution < -0.4 is 5.32 Å². The summed E-state index contributed by atoms with van der Waals surface area (Å²) in [5.74, 6) is 0.871. The molecule has 3 nitrogen and oxygen atoms in total. The molecule has 0 saturated heterocycles. The summed E-state index contributed by atoms with van der Waals surface area (Å²) >= 11 is 0. The second-order valence-corrected chi connectivity index (χ2v) is 4.97. The van der Waals surface area contributed by atoms with Gasteiger partial charge in [0.25, 0.3) is 0 Å². The van der Waals surface area contributed by atoms with E-state index in [1.807, 2.05) is 17.9 Å². The zero-order valence-electron chi connectivity index (χ0n) is 9.25. The van der Waals surface area contributed by atoms with E-state index in [1.165, 1.54) is 12.1 Å². The standard InChI is InChI=1S/C11H19N3/c1-11(2)6-9(11)7-12-8-10-4-5-13-14(10)3/h4-5,9,12H,6-8H2,1-3H3. The monoisotopic (exact) mass is 193 g/mol. The Morgan fingerprint density at radius 2 is 2.36 bits per heavy atom. The van der Waals surface area contributed by atoms with Gasteiger partial charge in [-0.2, -0.15) is 5.10 Å². The molecule has 0 radical (unpaired) electrons. The van der Waals surface area contributed by atoms with Gasteiger partial charge >= 0.3 is 0 Å². The molecule has 0 bridgehead atoms. The van der Waals surface area contributed by atoms with E-state index in [1.54, 1.807) is 0 Å². The number of hydrogen-bond donors (Lipinski definition) is 1. The molecule has 1 aromatic rings. The lowest BCUT2D eigenvalue weighted by Crippen LogP contribution is -2.19. The van der Waals surface area contributed by atoms with Crippen molar-refractivity contribution in [3.63, 3.8) is 0 Å². The van der Waals surface area contributed by atoms with E-state index in [0.717, 1.165) is 19.0 Å². The van der Waals surface area contributed by atoms with Gasteiger partial charge in [-0.25, -0.2) is 0 Å². The first-order chi connectivity index (χ1) is 6.59. The van der Waals surface area contributed by atoms with Crippen molar-refractivity contribution in [2.24, 2.45) is 18.4 Å². The number of nitrogens with one attached hydrogen (secondary N) is 1. The van der Waals surface area contributed by atoms with Crippen molar-refractivity contribution in [2.75, 3.05) is 6.54 Å². The van der Waals surface area contributed by atoms with E-state index in [4.69, 9.17) is 0 Å². The molecule has 0 amide bonds. The molecule has 3 heteroatoms. The molecule has 1 fully saturated rings. The van der Waals surface area contributed by atoms with E-state index >= 15 is 0 Å². The molecule has 0 aliphatic heterocycles. The Labute approximate surface area is 85.5 Å². The number of aryl methyl sites for hydroxylation is 1. The normalized spacial score (nSPS) is 23.8. The highest BCUT2D eigenvalue weighted by atomic mass is 15.3. The number of rotatable bonds is 4. The third-order valence-electron chi connectivity index (χ3n) is 3.34. The summed E-state index contributed by atoms with van der Waals surface area (Å²) in [4.78, 5) is 0. The van der Waals surface area contributed by atoms with Gasteiger partial charge in [0.05, 0.1) is 5.69 Å². The molecule has 0 aromatic carbocycles. The zero-order valence-corrected chi connectivity index (χ0v) is 9.25. The zero-order chi connectivity index (χ0) is 10.2. The van der Waals surface area contributed by atoms with E-state index in [9.17, 15) is 0 Å². The van der Waals surface area contributed by atoms with Gasteiger partial charge in [0.2, 0.25) is 0 Å². The highest BCUT2D eigenvalue weighted by Gasteiger charge is 2.44. The third-order valence-corrected chi connectivity index (χ3v) is 3.34.